The van der Waals surface area contributed by atoms with E-state index in [-0.39, 0.29) is 17.4 Å². The zero-order valence-electron chi connectivity index (χ0n) is 12.9. The molecular weight excluding hydrogens is 264 g/mol. The van der Waals surface area contributed by atoms with Gasteiger partial charge in [-0.2, -0.15) is 5.26 Å². The zero-order valence-corrected chi connectivity index (χ0v) is 12.9. The average Bonchev–Trinajstić information content (AvgIpc) is 2.46. The van der Waals surface area contributed by atoms with Crippen molar-refractivity contribution < 1.29 is 4.79 Å². The number of aromatic nitrogens is 1. The number of nitriles is 1. The van der Waals surface area contributed by atoms with Crippen molar-refractivity contribution in [3.05, 3.63) is 23.9 Å². The van der Waals surface area contributed by atoms with Crippen molar-refractivity contribution in [3.8, 4) is 6.07 Å². The molecule has 1 fully saturated rings. The normalized spacial score (nSPS) is 19.0. The Balaban J connectivity index is 2.08. The molecule has 0 aliphatic carbocycles. The Morgan fingerprint density at radius 2 is 2.29 bits per heavy atom. The lowest BCUT2D eigenvalue weighted by atomic mass is 9.94. The Kier molecular flexibility index (Phi) is 4.46. The Morgan fingerprint density at radius 3 is 2.95 bits per heavy atom. The number of hydrogen-bond acceptors (Lipinski definition) is 4. The molecule has 21 heavy (non-hydrogen) atoms. The number of amides is 1. The summed E-state index contributed by atoms with van der Waals surface area (Å²) in [6.07, 6.45) is 3.65. The fourth-order valence-electron chi connectivity index (χ4n) is 2.43. The predicted octanol–water partition coefficient (Wildman–Crippen LogP) is 2.08. The van der Waals surface area contributed by atoms with Crippen LogP contribution in [0.4, 0.5) is 5.82 Å². The number of piperidine rings is 1. The summed E-state index contributed by atoms with van der Waals surface area (Å²) in [5.41, 5.74) is 0.200. The van der Waals surface area contributed by atoms with Crippen LogP contribution >= 0.6 is 0 Å². The van der Waals surface area contributed by atoms with Gasteiger partial charge in [-0.1, -0.05) is 20.8 Å². The van der Waals surface area contributed by atoms with Crippen LogP contribution in [-0.4, -0.2) is 30.0 Å². The van der Waals surface area contributed by atoms with Gasteiger partial charge in [0.05, 0.1) is 5.56 Å². The second kappa shape index (κ2) is 6.13. The van der Waals surface area contributed by atoms with Crippen molar-refractivity contribution in [1.29, 1.82) is 5.26 Å². The van der Waals surface area contributed by atoms with Crippen LogP contribution < -0.4 is 10.2 Å². The van der Waals surface area contributed by atoms with Crippen molar-refractivity contribution in [2.45, 2.75) is 39.7 Å². The van der Waals surface area contributed by atoms with Crippen LogP contribution in [0.25, 0.3) is 0 Å². The van der Waals surface area contributed by atoms with Crippen LogP contribution in [0.15, 0.2) is 18.3 Å². The van der Waals surface area contributed by atoms with Gasteiger partial charge in [0.2, 0.25) is 5.91 Å². The minimum Gasteiger partial charge on any atom is -0.353 e. The van der Waals surface area contributed by atoms with Gasteiger partial charge in [-0.15, -0.1) is 0 Å². The number of nitrogens with one attached hydrogen (secondary N) is 1. The van der Waals surface area contributed by atoms with Gasteiger partial charge in [-0.25, -0.2) is 4.98 Å². The molecule has 112 valence electrons. The standard InChI is InChI=1S/C16H22N4O/c1-16(2,3)15(21)19-13-7-5-9-20(11-13)14-12(10-17)6-4-8-18-14/h4,6,8,13H,5,7,9,11H2,1-3H3,(H,19,21). The summed E-state index contributed by atoms with van der Waals surface area (Å²) in [5.74, 6) is 0.783. The summed E-state index contributed by atoms with van der Waals surface area (Å²) in [4.78, 5) is 18.5. The molecule has 0 spiro atoms. The summed E-state index contributed by atoms with van der Waals surface area (Å²) in [7, 11) is 0. The lowest BCUT2D eigenvalue weighted by Gasteiger charge is -2.35. The summed E-state index contributed by atoms with van der Waals surface area (Å²) in [6.45, 7) is 7.31. The Bertz CT molecular complexity index is 556. The van der Waals surface area contributed by atoms with Crippen LogP contribution in [0.2, 0.25) is 0 Å². The third-order valence-corrected chi connectivity index (χ3v) is 3.64. The Labute approximate surface area is 126 Å². The highest BCUT2D eigenvalue weighted by Crippen LogP contribution is 2.22. The SMILES string of the molecule is CC(C)(C)C(=O)NC1CCCN(c2ncccc2C#N)C1. The van der Waals surface area contributed by atoms with Crippen molar-refractivity contribution in [2.75, 3.05) is 18.0 Å². The summed E-state index contributed by atoms with van der Waals surface area (Å²) < 4.78 is 0. The average molecular weight is 286 g/mol. The first-order valence-electron chi connectivity index (χ1n) is 7.33. The first-order chi connectivity index (χ1) is 9.91. The Hall–Kier alpha value is -2.09. The molecule has 1 atom stereocenters. The van der Waals surface area contributed by atoms with Gasteiger partial charge < -0.3 is 10.2 Å². The third kappa shape index (κ3) is 3.72. The Morgan fingerprint density at radius 1 is 1.52 bits per heavy atom. The van der Waals surface area contributed by atoms with Gasteiger partial charge >= 0.3 is 0 Å². The van der Waals surface area contributed by atoms with Crippen molar-refractivity contribution in [1.82, 2.24) is 10.3 Å². The zero-order chi connectivity index (χ0) is 15.5. The van der Waals surface area contributed by atoms with E-state index in [2.05, 4.69) is 21.3 Å². The molecule has 1 aromatic rings. The molecule has 1 saturated heterocycles. The van der Waals surface area contributed by atoms with E-state index in [0.29, 0.717) is 12.1 Å². The van der Waals surface area contributed by atoms with E-state index in [1.165, 1.54) is 0 Å². The number of carbonyl (C=O) groups is 1. The monoisotopic (exact) mass is 286 g/mol. The first kappa shape index (κ1) is 15.3. The van der Waals surface area contributed by atoms with E-state index >= 15 is 0 Å². The van der Waals surface area contributed by atoms with Crippen LogP contribution in [0.1, 0.15) is 39.2 Å². The molecule has 1 N–H and O–H groups in total. The number of rotatable bonds is 2. The molecule has 1 aliphatic rings. The lowest BCUT2D eigenvalue weighted by Crippen LogP contribution is -2.50. The van der Waals surface area contributed by atoms with E-state index in [4.69, 9.17) is 0 Å². The smallest absolute Gasteiger partial charge is 0.225 e. The minimum atomic E-state index is -0.384. The van der Waals surface area contributed by atoms with Crippen LogP contribution in [-0.2, 0) is 4.79 Å². The molecule has 5 nitrogen and oxygen atoms in total. The molecule has 1 aromatic heterocycles. The topological polar surface area (TPSA) is 69.0 Å². The summed E-state index contributed by atoms with van der Waals surface area (Å²) in [5, 5.41) is 12.3. The molecule has 0 saturated carbocycles. The number of nitrogens with zero attached hydrogens (tertiary/aromatic N) is 3. The number of hydrogen-bond donors (Lipinski definition) is 1. The summed E-state index contributed by atoms with van der Waals surface area (Å²) in [6, 6.07) is 5.84. The van der Waals surface area contributed by atoms with Gasteiger partial charge in [0.15, 0.2) is 0 Å². The first-order valence-corrected chi connectivity index (χ1v) is 7.33. The molecule has 0 bridgehead atoms. The summed E-state index contributed by atoms with van der Waals surface area (Å²) >= 11 is 0. The van der Waals surface area contributed by atoms with E-state index in [1.807, 2.05) is 20.8 Å². The van der Waals surface area contributed by atoms with E-state index in [0.717, 1.165) is 25.2 Å². The number of carbonyl (C=O) groups excluding carboxylic acids is 1. The van der Waals surface area contributed by atoms with Crippen molar-refractivity contribution in [2.24, 2.45) is 5.41 Å². The van der Waals surface area contributed by atoms with Crippen LogP contribution in [0.3, 0.4) is 0 Å². The maximum absolute atomic E-state index is 12.1. The highest BCUT2D eigenvalue weighted by atomic mass is 16.2. The molecule has 0 aromatic carbocycles. The van der Waals surface area contributed by atoms with Gasteiger partial charge in [0.25, 0.3) is 0 Å². The maximum Gasteiger partial charge on any atom is 0.225 e. The highest BCUT2D eigenvalue weighted by Gasteiger charge is 2.28. The third-order valence-electron chi connectivity index (χ3n) is 3.64. The minimum absolute atomic E-state index is 0.0656. The molecule has 0 radical (unpaired) electrons. The molecule has 1 aliphatic heterocycles. The lowest BCUT2D eigenvalue weighted by molar-refractivity contribution is -0.129. The van der Waals surface area contributed by atoms with E-state index < -0.39 is 0 Å². The molecule has 2 rings (SSSR count). The van der Waals surface area contributed by atoms with Gasteiger partial charge in [0.1, 0.15) is 11.9 Å². The number of anilines is 1. The van der Waals surface area contributed by atoms with Crippen molar-refractivity contribution >= 4 is 11.7 Å². The molecule has 1 unspecified atom stereocenters. The van der Waals surface area contributed by atoms with E-state index in [9.17, 15) is 10.1 Å². The number of pyridine rings is 1. The quantitative estimate of drug-likeness (QED) is 0.903. The second-order valence-corrected chi connectivity index (χ2v) is 6.50. The van der Waals surface area contributed by atoms with Crippen molar-refractivity contribution in [3.63, 3.8) is 0 Å². The van der Waals surface area contributed by atoms with Gasteiger partial charge in [-0.3, -0.25) is 4.79 Å². The maximum atomic E-state index is 12.1. The highest BCUT2D eigenvalue weighted by molar-refractivity contribution is 5.81. The van der Waals surface area contributed by atoms with Crippen LogP contribution in [0.5, 0.6) is 0 Å². The fourth-order valence-corrected chi connectivity index (χ4v) is 2.43. The molecule has 1 amide bonds. The molecular formula is C16H22N4O. The van der Waals surface area contributed by atoms with Gasteiger partial charge in [-0.05, 0) is 25.0 Å². The van der Waals surface area contributed by atoms with Crippen LogP contribution in [0, 0.1) is 16.7 Å². The van der Waals surface area contributed by atoms with Gasteiger partial charge in [0, 0.05) is 30.7 Å². The molecule has 2 heterocycles. The fraction of sp³-hybridized carbons (Fsp3) is 0.562. The predicted molar refractivity (Wildman–Crippen MR) is 81.8 cm³/mol. The van der Waals surface area contributed by atoms with E-state index in [1.54, 1.807) is 18.3 Å². The second-order valence-electron chi connectivity index (χ2n) is 6.50. The largest absolute Gasteiger partial charge is 0.353 e. The molecule has 5 heteroatoms.